The van der Waals surface area contributed by atoms with E-state index < -0.39 is 0 Å². The molecule has 0 fully saturated rings. The van der Waals surface area contributed by atoms with E-state index in [2.05, 4.69) is 6.92 Å². The fourth-order valence-corrected chi connectivity index (χ4v) is 2.54. The molecule has 0 atom stereocenters. The Labute approximate surface area is 117 Å². The Kier molecular flexibility index (Phi) is 3.59. The number of benzene rings is 1. The zero-order valence-corrected chi connectivity index (χ0v) is 11.6. The van der Waals surface area contributed by atoms with Crippen molar-refractivity contribution in [1.29, 1.82) is 0 Å². The molecule has 0 saturated heterocycles. The van der Waals surface area contributed by atoms with Gasteiger partial charge in [0.15, 0.2) is 0 Å². The molecule has 0 unspecified atom stereocenters. The Bertz CT molecular complexity index is 780. The Hall–Kier alpha value is -2.03. The molecule has 20 heavy (non-hydrogen) atoms. The second-order valence-electron chi connectivity index (χ2n) is 5.17. The highest BCUT2D eigenvalue weighted by atomic mass is 16.4. The van der Waals surface area contributed by atoms with Gasteiger partial charge in [0.1, 0.15) is 16.9 Å². The molecule has 3 heteroatoms. The molecule has 0 amide bonds. The first-order chi connectivity index (χ1) is 9.78. The zero-order chi connectivity index (χ0) is 13.9. The first kappa shape index (κ1) is 13.0. The Morgan fingerprint density at radius 2 is 1.85 bits per heavy atom. The third kappa shape index (κ3) is 2.48. The van der Waals surface area contributed by atoms with Crippen LogP contribution in [0.25, 0.3) is 21.9 Å². The highest BCUT2D eigenvalue weighted by Gasteiger charge is 2.09. The van der Waals surface area contributed by atoms with Crippen molar-refractivity contribution in [3.8, 4) is 0 Å². The van der Waals surface area contributed by atoms with Crippen LogP contribution >= 0.6 is 0 Å². The summed E-state index contributed by atoms with van der Waals surface area (Å²) in [6, 6.07) is 9.10. The molecule has 0 saturated carbocycles. The average molecular weight is 270 g/mol. The summed E-state index contributed by atoms with van der Waals surface area (Å²) in [4.78, 5) is 11.4. The molecule has 0 aliphatic carbocycles. The summed E-state index contributed by atoms with van der Waals surface area (Å²) in [5, 5.41) is 1.82. The first-order valence-corrected chi connectivity index (χ1v) is 7.23. The van der Waals surface area contributed by atoms with E-state index in [1.165, 1.54) is 25.3 Å². The smallest absolute Gasteiger partial charge is 0.336 e. The summed E-state index contributed by atoms with van der Waals surface area (Å²) in [7, 11) is 0. The van der Waals surface area contributed by atoms with Crippen molar-refractivity contribution in [1.82, 2.24) is 0 Å². The van der Waals surface area contributed by atoms with E-state index in [-0.39, 0.29) is 5.63 Å². The van der Waals surface area contributed by atoms with Gasteiger partial charge in [0.2, 0.25) is 0 Å². The minimum Gasteiger partial charge on any atom is -0.461 e. The lowest BCUT2D eigenvalue weighted by molar-refractivity contribution is 0.527. The third-order valence-electron chi connectivity index (χ3n) is 3.61. The van der Waals surface area contributed by atoms with Crippen LogP contribution in [0.5, 0.6) is 0 Å². The summed E-state index contributed by atoms with van der Waals surface area (Å²) < 4.78 is 11.1. The number of furan rings is 1. The van der Waals surface area contributed by atoms with Crippen LogP contribution in [0, 0.1) is 0 Å². The van der Waals surface area contributed by atoms with Gasteiger partial charge in [-0.05, 0) is 30.7 Å². The highest BCUT2D eigenvalue weighted by Crippen LogP contribution is 2.28. The second kappa shape index (κ2) is 5.53. The van der Waals surface area contributed by atoms with Gasteiger partial charge in [-0.2, -0.15) is 0 Å². The minimum absolute atomic E-state index is 0.323. The quantitative estimate of drug-likeness (QED) is 0.500. The van der Waals surface area contributed by atoms with Crippen molar-refractivity contribution >= 4 is 21.9 Å². The number of rotatable bonds is 5. The van der Waals surface area contributed by atoms with Crippen molar-refractivity contribution in [2.75, 3.05) is 0 Å². The molecular formula is C17H18O3. The van der Waals surface area contributed by atoms with Crippen molar-refractivity contribution in [3.05, 3.63) is 46.5 Å². The molecule has 2 aromatic heterocycles. The van der Waals surface area contributed by atoms with E-state index in [0.29, 0.717) is 5.58 Å². The fourth-order valence-electron chi connectivity index (χ4n) is 2.54. The van der Waals surface area contributed by atoms with Crippen LogP contribution < -0.4 is 5.63 Å². The number of unbranched alkanes of at least 4 members (excludes halogenated alkanes) is 3. The molecular weight excluding hydrogens is 252 g/mol. The number of aryl methyl sites for hydroxylation is 1. The highest BCUT2D eigenvalue weighted by molar-refractivity contribution is 6.02. The molecule has 2 heterocycles. The monoisotopic (exact) mass is 270 g/mol. The number of hydrogen-bond acceptors (Lipinski definition) is 3. The van der Waals surface area contributed by atoms with Crippen LogP contribution in [0.4, 0.5) is 0 Å². The Balaban J connectivity index is 1.95. The lowest BCUT2D eigenvalue weighted by Gasteiger charge is -1.95. The Morgan fingerprint density at radius 3 is 2.70 bits per heavy atom. The lowest BCUT2D eigenvalue weighted by atomic mass is 10.1. The minimum atomic E-state index is -0.323. The van der Waals surface area contributed by atoms with E-state index in [0.717, 1.165) is 35.0 Å². The van der Waals surface area contributed by atoms with E-state index in [1.807, 2.05) is 18.2 Å². The molecule has 3 rings (SSSR count). The van der Waals surface area contributed by atoms with Gasteiger partial charge in [-0.25, -0.2) is 4.79 Å². The maximum atomic E-state index is 11.4. The number of hydrogen-bond donors (Lipinski definition) is 0. The van der Waals surface area contributed by atoms with Crippen LogP contribution in [0.1, 0.15) is 38.4 Å². The molecule has 3 aromatic rings. The van der Waals surface area contributed by atoms with Crippen molar-refractivity contribution in [2.45, 2.75) is 39.0 Å². The second-order valence-corrected chi connectivity index (χ2v) is 5.17. The summed E-state index contributed by atoms with van der Waals surface area (Å²) in [6.07, 6.45) is 5.79. The normalized spacial score (nSPS) is 11.4. The van der Waals surface area contributed by atoms with E-state index in [9.17, 15) is 4.79 Å². The molecule has 0 radical (unpaired) electrons. The SMILES string of the molecule is CCCCCCc1cc2c(ccc3ccc(=O)oc32)o1. The number of fused-ring (bicyclic) bond motifs is 3. The van der Waals surface area contributed by atoms with Gasteiger partial charge in [-0.15, -0.1) is 0 Å². The fraction of sp³-hybridized carbons (Fsp3) is 0.353. The van der Waals surface area contributed by atoms with Gasteiger partial charge in [-0.3, -0.25) is 0 Å². The van der Waals surface area contributed by atoms with Crippen molar-refractivity contribution < 1.29 is 8.83 Å². The molecule has 0 spiro atoms. The standard InChI is InChI=1S/C17H18O3/c1-2-3-4-5-6-13-11-14-15(19-13)9-7-12-8-10-16(18)20-17(12)14/h7-11H,2-6H2,1H3. The molecule has 1 aromatic carbocycles. The van der Waals surface area contributed by atoms with Crippen molar-refractivity contribution in [2.24, 2.45) is 0 Å². The summed E-state index contributed by atoms with van der Waals surface area (Å²) in [5.74, 6) is 0.968. The van der Waals surface area contributed by atoms with Gasteiger partial charge >= 0.3 is 5.63 Å². The largest absolute Gasteiger partial charge is 0.461 e. The predicted molar refractivity (Wildman–Crippen MR) is 80.1 cm³/mol. The molecule has 3 nitrogen and oxygen atoms in total. The summed E-state index contributed by atoms with van der Waals surface area (Å²) >= 11 is 0. The third-order valence-corrected chi connectivity index (χ3v) is 3.61. The van der Waals surface area contributed by atoms with Gasteiger partial charge in [0.25, 0.3) is 0 Å². The first-order valence-electron chi connectivity index (χ1n) is 7.23. The zero-order valence-electron chi connectivity index (χ0n) is 11.6. The van der Waals surface area contributed by atoms with Crippen LogP contribution in [0.3, 0.4) is 0 Å². The van der Waals surface area contributed by atoms with Crippen molar-refractivity contribution in [3.63, 3.8) is 0 Å². The Morgan fingerprint density at radius 1 is 1.00 bits per heavy atom. The lowest BCUT2D eigenvalue weighted by Crippen LogP contribution is -1.94. The van der Waals surface area contributed by atoms with E-state index in [4.69, 9.17) is 8.83 Å². The molecule has 0 bridgehead atoms. The van der Waals surface area contributed by atoms with Crippen LogP contribution in [-0.2, 0) is 6.42 Å². The van der Waals surface area contributed by atoms with Gasteiger partial charge < -0.3 is 8.83 Å². The topological polar surface area (TPSA) is 43.4 Å². The molecule has 0 N–H and O–H groups in total. The molecule has 0 aliphatic heterocycles. The van der Waals surface area contributed by atoms with Crippen LogP contribution in [0.2, 0.25) is 0 Å². The summed E-state index contributed by atoms with van der Waals surface area (Å²) in [5.41, 5.74) is 1.09. The average Bonchev–Trinajstić information content (AvgIpc) is 2.87. The maximum Gasteiger partial charge on any atom is 0.336 e. The van der Waals surface area contributed by atoms with Gasteiger partial charge in [0, 0.05) is 17.9 Å². The molecule has 104 valence electrons. The van der Waals surface area contributed by atoms with Gasteiger partial charge in [-0.1, -0.05) is 26.2 Å². The maximum absolute atomic E-state index is 11.4. The van der Waals surface area contributed by atoms with Crippen LogP contribution in [-0.4, -0.2) is 0 Å². The molecule has 0 aliphatic rings. The predicted octanol–water partition coefficient (Wildman–Crippen LogP) is 4.66. The van der Waals surface area contributed by atoms with Crippen LogP contribution in [0.15, 0.2) is 44.0 Å². The van der Waals surface area contributed by atoms with E-state index in [1.54, 1.807) is 6.07 Å². The van der Waals surface area contributed by atoms with Gasteiger partial charge in [0.05, 0.1) is 5.39 Å². The summed E-state index contributed by atoms with van der Waals surface area (Å²) in [6.45, 7) is 2.20. The van der Waals surface area contributed by atoms with E-state index >= 15 is 0 Å².